The molecule has 1 heterocycles. The predicted molar refractivity (Wildman–Crippen MR) is 99.4 cm³/mol. The summed E-state index contributed by atoms with van der Waals surface area (Å²) < 4.78 is 33.7. The minimum absolute atomic E-state index is 0. The van der Waals surface area contributed by atoms with Crippen molar-refractivity contribution in [3.63, 3.8) is 0 Å². The molecular formula is C17H29ClN2O3S. The highest BCUT2D eigenvalue weighted by Gasteiger charge is 2.35. The third-order valence-corrected chi connectivity index (χ3v) is 5.80. The van der Waals surface area contributed by atoms with Gasteiger partial charge in [-0.2, -0.15) is 0 Å². The van der Waals surface area contributed by atoms with E-state index in [1.165, 1.54) is 0 Å². The molecular weight excluding hydrogens is 348 g/mol. The van der Waals surface area contributed by atoms with Gasteiger partial charge < -0.3 is 10.1 Å². The Morgan fingerprint density at radius 2 is 1.96 bits per heavy atom. The van der Waals surface area contributed by atoms with Crippen molar-refractivity contribution in [2.24, 2.45) is 0 Å². The molecule has 2 rings (SSSR count). The lowest BCUT2D eigenvalue weighted by Gasteiger charge is -2.29. The third-order valence-electron chi connectivity index (χ3n) is 4.34. The molecule has 0 aliphatic carbocycles. The van der Waals surface area contributed by atoms with Gasteiger partial charge in [-0.3, -0.25) is 0 Å². The monoisotopic (exact) mass is 376 g/mol. The minimum Gasteiger partial charge on any atom is -0.383 e. The van der Waals surface area contributed by atoms with Crippen molar-refractivity contribution in [3.05, 3.63) is 29.8 Å². The van der Waals surface area contributed by atoms with E-state index in [9.17, 15) is 8.42 Å². The molecule has 1 aliphatic heterocycles. The molecule has 0 spiro atoms. The largest absolute Gasteiger partial charge is 0.383 e. The number of nitrogens with one attached hydrogen (secondary N) is 2. The van der Waals surface area contributed by atoms with Crippen molar-refractivity contribution in [2.75, 3.05) is 26.8 Å². The Morgan fingerprint density at radius 3 is 2.50 bits per heavy atom. The molecule has 0 saturated carbocycles. The average Bonchev–Trinajstić information content (AvgIpc) is 2.94. The number of methoxy groups -OCH3 is 1. The van der Waals surface area contributed by atoms with Gasteiger partial charge in [-0.1, -0.05) is 39.0 Å². The summed E-state index contributed by atoms with van der Waals surface area (Å²) in [6, 6.07) is 7.20. The van der Waals surface area contributed by atoms with E-state index in [0.29, 0.717) is 18.0 Å². The molecule has 1 aliphatic rings. The Balaban J connectivity index is 0.00000288. The van der Waals surface area contributed by atoms with E-state index in [1.54, 1.807) is 19.2 Å². The maximum absolute atomic E-state index is 12.8. The number of ether oxygens (including phenoxy) is 1. The highest BCUT2D eigenvalue weighted by Crippen LogP contribution is 2.29. The van der Waals surface area contributed by atoms with Crippen molar-refractivity contribution in [1.29, 1.82) is 0 Å². The summed E-state index contributed by atoms with van der Waals surface area (Å²) >= 11 is 0. The van der Waals surface area contributed by atoms with Crippen molar-refractivity contribution < 1.29 is 13.2 Å². The Kier molecular flexibility index (Phi) is 7.26. The fourth-order valence-corrected chi connectivity index (χ4v) is 4.64. The molecule has 2 N–H and O–H groups in total. The lowest BCUT2D eigenvalue weighted by Crippen LogP contribution is -2.53. The smallest absolute Gasteiger partial charge is 0.240 e. The lowest BCUT2D eigenvalue weighted by molar-refractivity contribution is 0.122. The van der Waals surface area contributed by atoms with Crippen molar-refractivity contribution in [3.8, 4) is 0 Å². The molecule has 1 aromatic rings. The van der Waals surface area contributed by atoms with Crippen LogP contribution in [0.4, 0.5) is 0 Å². The van der Waals surface area contributed by atoms with Crippen LogP contribution in [0.15, 0.2) is 29.2 Å². The Bertz CT molecular complexity index is 635. The quantitative estimate of drug-likeness (QED) is 0.800. The summed E-state index contributed by atoms with van der Waals surface area (Å²) in [5.41, 5.74) is 0.285. The third kappa shape index (κ3) is 4.92. The van der Waals surface area contributed by atoms with Crippen LogP contribution in [0.5, 0.6) is 0 Å². The summed E-state index contributed by atoms with van der Waals surface area (Å²) in [6.07, 6.45) is 1.94. The summed E-state index contributed by atoms with van der Waals surface area (Å²) in [5.74, 6) is 0. The van der Waals surface area contributed by atoms with Crippen molar-refractivity contribution in [1.82, 2.24) is 10.0 Å². The first-order chi connectivity index (χ1) is 10.7. The molecule has 0 bridgehead atoms. The van der Waals surface area contributed by atoms with Crippen LogP contribution in [0.2, 0.25) is 0 Å². The molecule has 1 saturated heterocycles. The zero-order valence-corrected chi connectivity index (χ0v) is 16.5. The number of hydrogen-bond donors (Lipinski definition) is 2. The summed E-state index contributed by atoms with van der Waals surface area (Å²) in [4.78, 5) is 0.359. The normalized spacial score (nSPS) is 21.5. The Morgan fingerprint density at radius 1 is 1.29 bits per heavy atom. The van der Waals surface area contributed by atoms with Crippen LogP contribution < -0.4 is 10.0 Å². The predicted octanol–water partition coefficient (Wildman–Crippen LogP) is 2.45. The van der Waals surface area contributed by atoms with E-state index in [1.807, 2.05) is 32.9 Å². The summed E-state index contributed by atoms with van der Waals surface area (Å²) in [6.45, 7) is 7.78. The van der Waals surface area contributed by atoms with Crippen LogP contribution in [0.1, 0.15) is 39.2 Å². The van der Waals surface area contributed by atoms with Crippen molar-refractivity contribution >= 4 is 22.4 Å². The Hall–Kier alpha value is -0.660. The highest BCUT2D eigenvalue weighted by atomic mass is 35.5. The topological polar surface area (TPSA) is 67.4 Å². The molecule has 1 aromatic carbocycles. The first-order valence-corrected chi connectivity index (χ1v) is 9.52. The van der Waals surface area contributed by atoms with Gasteiger partial charge in [-0.05, 0) is 36.4 Å². The van der Waals surface area contributed by atoms with Crippen LogP contribution in [-0.4, -0.2) is 40.8 Å². The highest BCUT2D eigenvalue weighted by molar-refractivity contribution is 7.89. The second-order valence-electron chi connectivity index (χ2n) is 7.31. The first-order valence-electron chi connectivity index (χ1n) is 8.03. The molecule has 5 nitrogen and oxygen atoms in total. The molecule has 24 heavy (non-hydrogen) atoms. The van der Waals surface area contributed by atoms with Gasteiger partial charge in [0, 0.05) is 13.7 Å². The standard InChI is InChI=1S/C17H28N2O3S.ClH/c1-16(2,3)14-8-5-6-9-15(14)23(20,21)19-12-17(13-22-4)10-7-11-18-17;/h5-6,8-9,18-19H,7,10-13H2,1-4H3;1H. The zero-order valence-electron chi connectivity index (χ0n) is 14.9. The van der Waals surface area contributed by atoms with Gasteiger partial charge in [0.25, 0.3) is 0 Å². The fourth-order valence-electron chi connectivity index (χ4n) is 3.10. The van der Waals surface area contributed by atoms with Gasteiger partial charge in [-0.25, -0.2) is 13.1 Å². The van der Waals surface area contributed by atoms with E-state index < -0.39 is 10.0 Å². The van der Waals surface area contributed by atoms with Gasteiger partial charge in [0.15, 0.2) is 0 Å². The van der Waals surface area contributed by atoms with Crippen LogP contribution >= 0.6 is 12.4 Å². The van der Waals surface area contributed by atoms with E-state index in [-0.39, 0.29) is 23.4 Å². The number of benzene rings is 1. The lowest BCUT2D eigenvalue weighted by atomic mass is 9.87. The second kappa shape index (κ2) is 8.15. The minimum atomic E-state index is -3.56. The van der Waals surface area contributed by atoms with Gasteiger partial charge >= 0.3 is 0 Å². The van der Waals surface area contributed by atoms with Crippen LogP contribution in [0, 0.1) is 0 Å². The first kappa shape index (κ1) is 21.4. The molecule has 1 atom stereocenters. The van der Waals surface area contributed by atoms with E-state index in [4.69, 9.17) is 4.74 Å². The van der Waals surface area contributed by atoms with Gasteiger partial charge in [-0.15, -0.1) is 12.4 Å². The van der Waals surface area contributed by atoms with Gasteiger partial charge in [0.05, 0.1) is 17.0 Å². The average molecular weight is 377 g/mol. The molecule has 1 unspecified atom stereocenters. The van der Waals surface area contributed by atoms with Crippen LogP contribution in [-0.2, 0) is 20.2 Å². The number of hydrogen-bond acceptors (Lipinski definition) is 4. The van der Waals surface area contributed by atoms with Crippen molar-refractivity contribution in [2.45, 2.75) is 49.5 Å². The fraction of sp³-hybridized carbons (Fsp3) is 0.647. The molecule has 7 heteroatoms. The summed E-state index contributed by atoms with van der Waals surface area (Å²) in [5, 5.41) is 3.39. The van der Waals surface area contributed by atoms with E-state index in [2.05, 4.69) is 10.0 Å². The van der Waals surface area contributed by atoms with E-state index >= 15 is 0 Å². The SMILES string of the molecule is COCC1(CNS(=O)(=O)c2ccccc2C(C)(C)C)CCCN1.Cl. The van der Waals surface area contributed by atoms with Crippen LogP contribution in [0.3, 0.4) is 0 Å². The van der Waals surface area contributed by atoms with Crippen LogP contribution in [0.25, 0.3) is 0 Å². The maximum atomic E-state index is 12.8. The molecule has 0 aromatic heterocycles. The summed E-state index contributed by atoms with van der Waals surface area (Å²) in [7, 11) is -1.92. The maximum Gasteiger partial charge on any atom is 0.240 e. The molecule has 138 valence electrons. The number of sulfonamides is 1. The number of rotatable bonds is 6. The second-order valence-corrected chi connectivity index (χ2v) is 9.05. The van der Waals surface area contributed by atoms with E-state index in [0.717, 1.165) is 24.9 Å². The van der Waals surface area contributed by atoms with Gasteiger partial charge in [0.2, 0.25) is 10.0 Å². The molecule has 0 radical (unpaired) electrons. The molecule has 0 amide bonds. The zero-order chi connectivity index (χ0) is 17.1. The molecule has 1 fully saturated rings. The van der Waals surface area contributed by atoms with Gasteiger partial charge in [0.1, 0.15) is 0 Å². The number of halogens is 1. The Labute approximate surface area is 152 Å².